The maximum Gasteiger partial charge on any atom is 0.160 e. The van der Waals surface area contributed by atoms with Crippen molar-refractivity contribution in [1.82, 2.24) is 24.8 Å². The molecule has 0 radical (unpaired) electrons. The Morgan fingerprint density at radius 2 is 2.14 bits per heavy atom. The number of fused-ring (bicyclic) bond motifs is 1. The van der Waals surface area contributed by atoms with Crippen LogP contribution in [0.4, 0.5) is 0 Å². The van der Waals surface area contributed by atoms with Crippen LogP contribution in [0.25, 0.3) is 5.65 Å². The predicted molar refractivity (Wildman–Crippen MR) is 84.4 cm³/mol. The molecule has 3 atom stereocenters. The summed E-state index contributed by atoms with van der Waals surface area (Å²) in [7, 11) is 2.22. The fourth-order valence-electron chi connectivity index (χ4n) is 3.26. The molecule has 2 aromatic heterocycles. The number of hydrogen-bond acceptors (Lipinski definition) is 4. The van der Waals surface area contributed by atoms with E-state index in [1.165, 1.54) is 13.0 Å². The van der Waals surface area contributed by atoms with Crippen LogP contribution >= 0.6 is 0 Å². The van der Waals surface area contributed by atoms with E-state index in [1.807, 2.05) is 24.4 Å². The number of hydrogen-bond donors (Lipinski definition) is 1. The van der Waals surface area contributed by atoms with Crippen LogP contribution in [0.15, 0.2) is 24.4 Å². The van der Waals surface area contributed by atoms with Gasteiger partial charge in [0.1, 0.15) is 5.82 Å². The average molecular weight is 287 g/mol. The maximum absolute atomic E-state index is 4.29. The Kier molecular flexibility index (Phi) is 4.22. The lowest BCUT2D eigenvalue weighted by Crippen LogP contribution is -2.51. The molecule has 114 valence electrons. The second kappa shape index (κ2) is 6.12. The van der Waals surface area contributed by atoms with Gasteiger partial charge >= 0.3 is 0 Å². The Balaban J connectivity index is 1.56. The summed E-state index contributed by atoms with van der Waals surface area (Å²) in [6, 6.07) is 7.27. The van der Waals surface area contributed by atoms with Crippen LogP contribution in [0, 0.1) is 5.92 Å². The van der Waals surface area contributed by atoms with Crippen molar-refractivity contribution < 1.29 is 0 Å². The molecular weight excluding hydrogens is 262 g/mol. The lowest BCUT2D eigenvalue weighted by Gasteiger charge is -2.40. The molecule has 3 unspecified atom stereocenters. The summed E-state index contributed by atoms with van der Waals surface area (Å²) in [5.74, 6) is 1.73. The molecule has 0 aliphatic carbocycles. The van der Waals surface area contributed by atoms with Gasteiger partial charge in [-0.1, -0.05) is 13.0 Å². The average Bonchev–Trinajstić information content (AvgIpc) is 2.88. The third-order valence-corrected chi connectivity index (χ3v) is 4.75. The third-order valence-electron chi connectivity index (χ3n) is 4.75. The highest BCUT2D eigenvalue weighted by Crippen LogP contribution is 2.20. The van der Waals surface area contributed by atoms with Gasteiger partial charge in [0, 0.05) is 37.8 Å². The van der Waals surface area contributed by atoms with E-state index in [2.05, 4.69) is 45.7 Å². The molecule has 1 N–H and O–H groups in total. The normalized spacial score (nSPS) is 27.3. The molecule has 0 bridgehead atoms. The molecule has 1 aliphatic heterocycles. The molecule has 3 rings (SSSR count). The van der Waals surface area contributed by atoms with E-state index in [-0.39, 0.29) is 0 Å². The van der Waals surface area contributed by atoms with Gasteiger partial charge in [-0.3, -0.25) is 4.40 Å². The van der Waals surface area contributed by atoms with Crippen LogP contribution in [0.5, 0.6) is 0 Å². The number of aromatic nitrogens is 3. The minimum Gasteiger partial charge on any atom is -0.313 e. The third kappa shape index (κ3) is 3.09. The monoisotopic (exact) mass is 287 g/mol. The standard InChI is InChI=1S/C16H25N5/c1-12-11-20(3)13(2)10-14(12)17-8-7-16-19-18-15-6-4-5-9-21(15)16/h4-6,9,12-14,17H,7-8,10-11H2,1-3H3. The van der Waals surface area contributed by atoms with Crippen molar-refractivity contribution in [3.8, 4) is 0 Å². The van der Waals surface area contributed by atoms with E-state index >= 15 is 0 Å². The number of nitrogens with one attached hydrogen (secondary N) is 1. The molecule has 5 nitrogen and oxygen atoms in total. The number of pyridine rings is 1. The first-order chi connectivity index (χ1) is 10.1. The molecule has 0 spiro atoms. The Hall–Kier alpha value is -1.46. The zero-order valence-corrected chi connectivity index (χ0v) is 13.2. The molecular formula is C16H25N5. The van der Waals surface area contributed by atoms with E-state index in [0.29, 0.717) is 18.0 Å². The van der Waals surface area contributed by atoms with Crippen LogP contribution < -0.4 is 5.32 Å². The van der Waals surface area contributed by atoms with Crippen molar-refractivity contribution in [3.05, 3.63) is 30.2 Å². The molecule has 1 fully saturated rings. The molecule has 3 heterocycles. The highest BCUT2D eigenvalue weighted by Gasteiger charge is 2.28. The Morgan fingerprint density at radius 1 is 1.29 bits per heavy atom. The van der Waals surface area contributed by atoms with Gasteiger partial charge in [-0.2, -0.15) is 0 Å². The second-order valence-corrected chi connectivity index (χ2v) is 6.36. The van der Waals surface area contributed by atoms with Crippen molar-refractivity contribution in [1.29, 1.82) is 0 Å². The largest absolute Gasteiger partial charge is 0.313 e. The first-order valence-corrected chi connectivity index (χ1v) is 7.87. The molecule has 1 saturated heterocycles. The fourth-order valence-corrected chi connectivity index (χ4v) is 3.26. The molecule has 2 aromatic rings. The quantitative estimate of drug-likeness (QED) is 0.927. The summed E-state index contributed by atoms with van der Waals surface area (Å²) in [6.07, 6.45) is 4.17. The summed E-state index contributed by atoms with van der Waals surface area (Å²) in [5, 5.41) is 12.2. The van der Waals surface area contributed by atoms with Crippen LogP contribution in [0.3, 0.4) is 0 Å². The minimum atomic E-state index is 0.607. The van der Waals surface area contributed by atoms with Gasteiger partial charge in [-0.05, 0) is 38.4 Å². The zero-order valence-electron chi connectivity index (χ0n) is 13.2. The van der Waals surface area contributed by atoms with Crippen molar-refractivity contribution in [3.63, 3.8) is 0 Å². The lowest BCUT2D eigenvalue weighted by molar-refractivity contribution is 0.122. The van der Waals surface area contributed by atoms with Crippen LogP contribution in [-0.4, -0.2) is 51.7 Å². The molecule has 1 aliphatic rings. The molecule has 0 aromatic carbocycles. The predicted octanol–water partition coefficient (Wildman–Crippen LogP) is 1.59. The van der Waals surface area contributed by atoms with E-state index in [9.17, 15) is 0 Å². The fraction of sp³-hybridized carbons (Fsp3) is 0.625. The zero-order chi connectivity index (χ0) is 14.8. The van der Waals surface area contributed by atoms with Gasteiger partial charge in [-0.25, -0.2) is 0 Å². The van der Waals surface area contributed by atoms with Crippen molar-refractivity contribution in [2.24, 2.45) is 5.92 Å². The van der Waals surface area contributed by atoms with Crippen molar-refractivity contribution in [2.75, 3.05) is 20.1 Å². The molecule has 0 saturated carbocycles. The van der Waals surface area contributed by atoms with Crippen LogP contribution in [0.2, 0.25) is 0 Å². The van der Waals surface area contributed by atoms with Gasteiger partial charge in [0.25, 0.3) is 0 Å². The molecule has 21 heavy (non-hydrogen) atoms. The summed E-state index contributed by atoms with van der Waals surface area (Å²) < 4.78 is 2.07. The first-order valence-electron chi connectivity index (χ1n) is 7.87. The summed E-state index contributed by atoms with van der Waals surface area (Å²) in [5.41, 5.74) is 0.925. The Morgan fingerprint density at radius 3 is 3.00 bits per heavy atom. The summed E-state index contributed by atoms with van der Waals surface area (Å²) in [6.45, 7) is 6.78. The van der Waals surface area contributed by atoms with Gasteiger partial charge in [-0.15, -0.1) is 10.2 Å². The van der Waals surface area contributed by atoms with Gasteiger partial charge in [0.05, 0.1) is 0 Å². The van der Waals surface area contributed by atoms with Gasteiger partial charge in [0.2, 0.25) is 0 Å². The second-order valence-electron chi connectivity index (χ2n) is 6.36. The van der Waals surface area contributed by atoms with E-state index < -0.39 is 0 Å². The highest BCUT2D eigenvalue weighted by molar-refractivity contribution is 5.36. The van der Waals surface area contributed by atoms with E-state index in [0.717, 1.165) is 24.4 Å². The van der Waals surface area contributed by atoms with E-state index in [4.69, 9.17) is 0 Å². The summed E-state index contributed by atoms with van der Waals surface area (Å²) in [4.78, 5) is 2.45. The van der Waals surface area contributed by atoms with Gasteiger partial charge < -0.3 is 10.2 Å². The summed E-state index contributed by atoms with van der Waals surface area (Å²) >= 11 is 0. The SMILES string of the molecule is CC1CN(C)C(C)CC1NCCc1nnc2ccccn12. The Labute approximate surface area is 126 Å². The first kappa shape index (κ1) is 14.5. The topological polar surface area (TPSA) is 45.5 Å². The number of rotatable bonds is 4. The molecule has 5 heteroatoms. The van der Waals surface area contributed by atoms with Crippen LogP contribution in [-0.2, 0) is 6.42 Å². The van der Waals surface area contributed by atoms with Crippen LogP contribution in [0.1, 0.15) is 26.1 Å². The number of nitrogens with zero attached hydrogens (tertiary/aromatic N) is 4. The van der Waals surface area contributed by atoms with Gasteiger partial charge in [0.15, 0.2) is 5.65 Å². The van der Waals surface area contributed by atoms with Crippen molar-refractivity contribution >= 4 is 5.65 Å². The smallest absolute Gasteiger partial charge is 0.160 e. The maximum atomic E-state index is 4.29. The molecule has 0 amide bonds. The van der Waals surface area contributed by atoms with Crippen molar-refractivity contribution in [2.45, 2.75) is 38.8 Å². The van der Waals surface area contributed by atoms with E-state index in [1.54, 1.807) is 0 Å². The number of piperidine rings is 1. The highest BCUT2D eigenvalue weighted by atomic mass is 15.2. The minimum absolute atomic E-state index is 0.607. The lowest BCUT2D eigenvalue weighted by atomic mass is 9.90. The number of likely N-dealkylation sites (tertiary alicyclic amines) is 1. The Bertz CT molecular complexity index is 593.